The van der Waals surface area contributed by atoms with Gasteiger partial charge in [-0.05, 0) is 50.5 Å². The Morgan fingerprint density at radius 2 is 1.84 bits per heavy atom. The van der Waals surface area contributed by atoms with Gasteiger partial charge in [-0.25, -0.2) is 4.98 Å². The van der Waals surface area contributed by atoms with E-state index in [0.717, 1.165) is 42.4 Å². The molecule has 4 rings (SSSR count). The van der Waals surface area contributed by atoms with Crippen molar-refractivity contribution in [3.05, 3.63) is 67.4 Å². The Morgan fingerprint density at radius 3 is 2.59 bits per heavy atom. The summed E-state index contributed by atoms with van der Waals surface area (Å²) in [7, 11) is 4.02. The second-order valence-corrected chi connectivity index (χ2v) is 8.73. The summed E-state index contributed by atoms with van der Waals surface area (Å²) in [6.07, 6.45) is 3.05. The van der Waals surface area contributed by atoms with Gasteiger partial charge in [-0.1, -0.05) is 18.7 Å². The van der Waals surface area contributed by atoms with Gasteiger partial charge in [0.1, 0.15) is 12.4 Å². The Bertz CT molecular complexity index is 1210. The second-order valence-electron chi connectivity index (χ2n) is 8.73. The van der Waals surface area contributed by atoms with Crippen molar-refractivity contribution < 1.29 is 14.3 Å². The van der Waals surface area contributed by atoms with Crippen LogP contribution >= 0.6 is 0 Å². The van der Waals surface area contributed by atoms with Crippen LogP contribution in [0.1, 0.15) is 0 Å². The van der Waals surface area contributed by atoms with Crippen molar-refractivity contribution in [3.8, 4) is 5.75 Å². The lowest BCUT2D eigenvalue weighted by molar-refractivity contribution is -0.111. The van der Waals surface area contributed by atoms with Crippen molar-refractivity contribution in [2.75, 3.05) is 74.4 Å². The van der Waals surface area contributed by atoms with Crippen molar-refractivity contribution in [3.63, 3.8) is 0 Å². The first-order valence-electron chi connectivity index (χ1n) is 12.1. The molecule has 0 spiro atoms. The van der Waals surface area contributed by atoms with Crippen LogP contribution in [0.3, 0.4) is 0 Å². The van der Waals surface area contributed by atoms with Crippen LogP contribution in [0.15, 0.2) is 67.4 Å². The van der Waals surface area contributed by atoms with Crippen LogP contribution in [0.25, 0.3) is 0 Å². The van der Waals surface area contributed by atoms with Gasteiger partial charge in [-0.2, -0.15) is 4.98 Å². The van der Waals surface area contributed by atoms with Crippen molar-refractivity contribution in [2.24, 2.45) is 0 Å². The Labute approximate surface area is 217 Å². The number of nitrogens with zero attached hydrogens (tertiary/aromatic N) is 4. The van der Waals surface area contributed by atoms with E-state index in [2.05, 4.69) is 37.3 Å². The molecule has 1 aliphatic heterocycles. The molecule has 0 saturated carbocycles. The monoisotopic (exact) mass is 503 g/mol. The number of nitrogens with one attached hydrogen (secondary N) is 3. The van der Waals surface area contributed by atoms with Gasteiger partial charge in [0, 0.05) is 42.8 Å². The maximum absolute atomic E-state index is 11.7. The first-order chi connectivity index (χ1) is 18.0. The Kier molecular flexibility index (Phi) is 8.90. The zero-order valence-corrected chi connectivity index (χ0v) is 21.2. The molecule has 1 aliphatic rings. The van der Waals surface area contributed by atoms with Crippen molar-refractivity contribution >= 4 is 40.4 Å². The number of morpholine rings is 1. The Morgan fingerprint density at radius 1 is 1.11 bits per heavy atom. The molecule has 10 nitrogen and oxygen atoms in total. The zero-order valence-electron chi connectivity index (χ0n) is 21.2. The van der Waals surface area contributed by atoms with Gasteiger partial charge in [0.15, 0.2) is 5.82 Å². The number of benzene rings is 2. The second kappa shape index (κ2) is 12.7. The van der Waals surface area contributed by atoms with Crippen molar-refractivity contribution in [1.82, 2.24) is 14.9 Å². The molecule has 0 radical (unpaired) electrons. The van der Waals surface area contributed by atoms with E-state index in [4.69, 9.17) is 14.5 Å². The van der Waals surface area contributed by atoms with Gasteiger partial charge >= 0.3 is 0 Å². The van der Waals surface area contributed by atoms with E-state index < -0.39 is 0 Å². The van der Waals surface area contributed by atoms with E-state index in [-0.39, 0.29) is 5.91 Å². The molecule has 1 amide bonds. The molecule has 0 unspecified atom stereocenters. The topological polar surface area (TPSA) is 104 Å². The van der Waals surface area contributed by atoms with Gasteiger partial charge in [-0.3, -0.25) is 4.79 Å². The smallest absolute Gasteiger partial charge is 0.247 e. The third kappa shape index (κ3) is 7.66. The lowest BCUT2D eigenvalue weighted by atomic mass is 10.2. The highest BCUT2D eigenvalue weighted by atomic mass is 16.5. The molecule has 1 fully saturated rings. The van der Waals surface area contributed by atoms with E-state index in [0.29, 0.717) is 37.3 Å². The van der Waals surface area contributed by atoms with Crippen LogP contribution in [0.5, 0.6) is 5.75 Å². The number of hydrogen-bond donors (Lipinski definition) is 3. The number of ether oxygens (including phenoxy) is 2. The normalized spacial score (nSPS) is 13.2. The molecule has 1 saturated heterocycles. The third-order valence-electron chi connectivity index (χ3n) is 5.60. The molecule has 194 valence electrons. The van der Waals surface area contributed by atoms with Gasteiger partial charge in [0.05, 0.1) is 25.1 Å². The van der Waals surface area contributed by atoms with Crippen molar-refractivity contribution in [2.45, 2.75) is 0 Å². The van der Waals surface area contributed by atoms with Crippen LogP contribution < -0.4 is 25.6 Å². The first-order valence-corrected chi connectivity index (χ1v) is 12.1. The average molecular weight is 504 g/mol. The molecule has 37 heavy (non-hydrogen) atoms. The summed E-state index contributed by atoms with van der Waals surface area (Å²) in [4.78, 5) is 25.4. The fourth-order valence-corrected chi connectivity index (χ4v) is 3.71. The summed E-state index contributed by atoms with van der Waals surface area (Å²) >= 11 is 0. The predicted octanol–water partition coefficient (Wildman–Crippen LogP) is 3.87. The minimum atomic E-state index is -0.271. The fraction of sp³-hybridized carbons (Fsp3) is 0.296. The summed E-state index contributed by atoms with van der Waals surface area (Å²) < 4.78 is 11.4. The SMILES string of the molecule is C=CC(=O)Nc1cccc(Nc2nc(Nc3cccc(OCCN(C)C)c3)ncc2N2CCOCC2)c1. The maximum Gasteiger partial charge on any atom is 0.247 e. The molecular formula is C27H33N7O3. The molecule has 2 aromatic carbocycles. The number of carbonyl (C=O) groups is 1. The summed E-state index contributed by atoms with van der Waals surface area (Å²) in [5, 5.41) is 9.46. The molecule has 3 aromatic rings. The lowest BCUT2D eigenvalue weighted by Gasteiger charge is -2.30. The largest absolute Gasteiger partial charge is 0.492 e. The Hall–Kier alpha value is -4.15. The van der Waals surface area contributed by atoms with Gasteiger partial charge < -0.3 is 35.2 Å². The fourth-order valence-electron chi connectivity index (χ4n) is 3.71. The highest BCUT2D eigenvalue weighted by Gasteiger charge is 2.18. The van der Waals surface area contributed by atoms with Crippen LogP contribution in [0.2, 0.25) is 0 Å². The first kappa shape index (κ1) is 25.9. The number of aromatic nitrogens is 2. The van der Waals surface area contributed by atoms with E-state index >= 15 is 0 Å². The summed E-state index contributed by atoms with van der Waals surface area (Å²) in [5.41, 5.74) is 3.12. The van der Waals surface area contributed by atoms with Gasteiger partial charge in [0.25, 0.3) is 0 Å². The minimum absolute atomic E-state index is 0.271. The summed E-state index contributed by atoms with van der Waals surface area (Å²) in [5.74, 6) is 1.59. The van der Waals surface area contributed by atoms with Crippen molar-refractivity contribution in [1.29, 1.82) is 0 Å². The van der Waals surface area contributed by atoms with Crippen LogP contribution in [0.4, 0.5) is 34.5 Å². The van der Waals surface area contributed by atoms with E-state index in [1.807, 2.05) is 68.8 Å². The number of hydrogen-bond acceptors (Lipinski definition) is 9. The molecule has 3 N–H and O–H groups in total. The number of amides is 1. The standard InChI is InChI=1S/C27H33N7O3/c1-4-25(35)29-20-7-5-8-21(17-20)30-26-24(34-12-14-36-15-13-34)19-28-27(32-26)31-22-9-6-10-23(18-22)37-16-11-33(2)3/h4-10,17-19H,1,11-16H2,2-3H3,(H,29,35)(H2,28,30,31,32). The zero-order chi connectivity index (χ0) is 26.0. The average Bonchev–Trinajstić information content (AvgIpc) is 2.89. The number of carbonyl (C=O) groups excluding carboxylic acids is 1. The predicted molar refractivity (Wildman–Crippen MR) is 147 cm³/mol. The highest BCUT2D eigenvalue weighted by Crippen LogP contribution is 2.30. The minimum Gasteiger partial charge on any atom is -0.492 e. The number of likely N-dealkylation sites (N-methyl/N-ethyl adjacent to an activating group) is 1. The molecule has 0 aliphatic carbocycles. The van der Waals surface area contributed by atoms with Crippen LogP contribution in [0, 0.1) is 0 Å². The highest BCUT2D eigenvalue weighted by molar-refractivity contribution is 5.99. The molecular weight excluding hydrogens is 470 g/mol. The molecule has 0 bridgehead atoms. The number of rotatable bonds is 11. The quantitative estimate of drug-likeness (QED) is 0.337. The Balaban J connectivity index is 1.56. The summed E-state index contributed by atoms with van der Waals surface area (Å²) in [6.45, 7) is 7.70. The van der Waals surface area contributed by atoms with E-state index in [1.54, 1.807) is 0 Å². The molecule has 1 aromatic heterocycles. The van der Waals surface area contributed by atoms with E-state index in [9.17, 15) is 4.79 Å². The third-order valence-corrected chi connectivity index (χ3v) is 5.60. The van der Waals surface area contributed by atoms with E-state index in [1.165, 1.54) is 6.08 Å². The molecule has 0 atom stereocenters. The molecule has 2 heterocycles. The maximum atomic E-state index is 11.7. The molecule has 10 heteroatoms. The van der Waals surface area contributed by atoms with Gasteiger partial charge in [-0.15, -0.1) is 0 Å². The van der Waals surface area contributed by atoms with Gasteiger partial charge in [0.2, 0.25) is 11.9 Å². The van der Waals surface area contributed by atoms with Crippen LogP contribution in [-0.4, -0.2) is 74.3 Å². The number of anilines is 6. The lowest BCUT2D eigenvalue weighted by Crippen LogP contribution is -2.36. The summed E-state index contributed by atoms with van der Waals surface area (Å²) in [6, 6.07) is 15.1. The van der Waals surface area contributed by atoms with Crippen LogP contribution in [-0.2, 0) is 9.53 Å².